The summed E-state index contributed by atoms with van der Waals surface area (Å²) in [5.41, 5.74) is 6.93. The number of methoxy groups -OCH3 is 1. The van der Waals surface area contributed by atoms with Crippen LogP contribution >= 0.6 is 12.2 Å². The van der Waals surface area contributed by atoms with E-state index in [1.807, 2.05) is 25.2 Å². The minimum Gasteiger partial charge on any atom is -0.497 e. The van der Waals surface area contributed by atoms with E-state index in [1.54, 1.807) is 7.11 Å². The topological polar surface area (TPSA) is 43.5 Å². The fourth-order valence-corrected chi connectivity index (χ4v) is 4.62. The molecule has 152 valence electrons. The van der Waals surface area contributed by atoms with Crippen LogP contribution in [0.3, 0.4) is 0 Å². The fraction of sp³-hybridized carbons (Fsp3) is 0.250. The van der Waals surface area contributed by atoms with Gasteiger partial charge in [0.2, 0.25) is 0 Å². The number of aromatic nitrogens is 3. The quantitative estimate of drug-likeness (QED) is 0.490. The maximum atomic E-state index is 5.76. The molecule has 1 aliphatic rings. The Hall–Kier alpha value is -3.12. The van der Waals surface area contributed by atoms with Crippen LogP contribution in [0.1, 0.15) is 24.1 Å². The first-order valence-electron chi connectivity index (χ1n) is 10.3. The van der Waals surface area contributed by atoms with Gasteiger partial charge in [0.25, 0.3) is 0 Å². The third kappa shape index (κ3) is 2.91. The first kappa shape index (κ1) is 18.9. The van der Waals surface area contributed by atoms with E-state index in [1.165, 1.54) is 16.7 Å². The summed E-state index contributed by atoms with van der Waals surface area (Å²) < 4.78 is 9.74. The number of thiocarbonyl (C=S) groups is 1. The Morgan fingerprint density at radius 3 is 2.50 bits per heavy atom. The minimum absolute atomic E-state index is 0.710. The van der Waals surface area contributed by atoms with E-state index in [9.17, 15) is 0 Å². The van der Waals surface area contributed by atoms with Gasteiger partial charge in [0.05, 0.1) is 7.11 Å². The van der Waals surface area contributed by atoms with Crippen molar-refractivity contribution in [2.24, 2.45) is 0 Å². The lowest BCUT2D eigenvalue weighted by molar-refractivity contribution is 0.415. The molecule has 0 amide bonds. The predicted molar refractivity (Wildman–Crippen MR) is 124 cm³/mol. The molecule has 1 N–H and O–H groups in total. The van der Waals surface area contributed by atoms with Gasteiger partial charge in [-0.2, -0.15) is 0 Å². The van der Waals surface area contributed by atoms with E-state index in [0.29, 0.717) is 4.99 Å². The lowest BCUT2D eigenvalue weighted by Crippen LogP contribution is -2.19. The standard InChI is InChI=1S/C24H24N4OS/c1-25-23(30)21-20(16-8-4-3-5-9-16)19-10-6-7-15-27-22(26-28(21)24(19)27)17-11-13-18(29-2)14-12-17/h3-5,8-9,11-14H,6-7,10,15H2,1-2H3,(H,25,30). The van der Waals surface area contributed by atoms with E-state index < -0.39 is 0 Å². The Morgan fingerprint density at radius 2 is 1.80 bits per heavy atom. The zero-order chi connectivity index (χ0) is 20.7. The van der Waals surface area contributed by atoms with Crippen molar-refractivity contribution in [3.8, 4) is 28.3 Å². The van der Waals surface area contributed by atoms with Crippen molar-refractivity contribution < 1.29 is 4.74 Å². The molecule has 0 spiro atoms. The van der Waals surface area contributed by atoms with Gasteiger partial charge in [0.15, 0.2) is 5.82 Å². The smallest absolute Gasteiger partial charge is 0.162 e. The normalized spacial score (nSPS) is 13.3. The van der Waals surface area contributed by atoms with Crippen LogP contribution in [0.5, 0.6) is 5.75 Å². The lowest BCUT2D eigenvalue weighted by atomic mass is 9.98. The highest BCUT2D eigenvalue weighted by molar-refractivity contribution is 7.80. The molecule has 5 nitrogen and oxygen atoms in total. The number of aryl methyl sites for hydroxylation is 2. The Kier molecular flexibility index (Phi) is 4.79. The molecule has 0 bridgehead atoms. The Labute approximate surface area is 181 Å². The van der Waals surface area contributed by atoms with Crippen LogP contribution in [0, 0.1) is 0 Å². The van der Waals surface area contributed by atoms with Crippen LogP contribution in [-0.4, -0.2) is 33.3 Å². The van der Waals surface area contributed by atoms with Crippen LogP contribution in [0.4, 0.5) is 0 Å². The molecule has 4 aromatic rings. The van der Waals surface area contributed by atoms with Crippen molar-refractivity contribution in [1.29, 1.82) is 0 Å². The van der Waals surface area contributed by atoms with E-state index in [4.69, 9.17) is 22.1 Å². The molecule has 30 heavy (non-hydrogen) atoms. The molecule has 5 rings (SSSR count). The SMILES string of the molecule is CNC(=S)c1c(-c2ccccc2)c2c3n(c(-c4ccc(OC)cc4)nn13)CCCC2. The summed E-state index contributed by atoms with van der Waals surface area (Å²) in [6.45, 7) is 0.946. The number of ether oxygens (including phenoxy) is 1. The van der Waals surface area contributed by atoms with Crippen molar-refractivity contribution >= 4 is 22.9 Å². The average molecular weight is 417 g/mol. The van der Waals surface area contributed by atoms with E-state index in [2.05, 4.69) is 50.8 Å². The summed E-state index contributed by atoms with van der Waals surface area (Å²) in [6.07, 6.45) is 3.30. The maximum absolute atomic E-state index is 5.76. The van der Waals surface area contributed by atoms with Gasteiger partial charge in [-0.05, 0) is 49.1 Å². The van der Waals surface area contributed by atoms with Crippen molar-refractivity contribution in [2.45, 2.75) is 25.8 Å². The first-order valence-corrected chi connectivity index (χ1v) is 10.7. The Balaban J connectivity index is 1.82. The lowest BCUT2D eigenvalue weighted by Gasteiger charge is -2.09. The van der Waals surface area contributed by atoms with Crippen LogP contribution in [-0.2, 0) is 13.0 Å². The second-order valence-corrected chi connectivity index (χ2v) is 7.95. The molecule has 0 aliphatic carbocycles. The van der Waals surface area contributed by atoms with Crippen LogP contribution in [0.25, 0.3) is 28.2 Å². The predicted octanol–water partition coefficient (Wildman–Crippen LogP) is 4.71. The average Bonchev–Trinajstić information content (AvgIpc) is 3.22. The number of benzene rings is 2. The molecular formula is C24H24N4OS. The number of hydrogen-bond donors (Lipinski definition) is 1. The molecular weight excluding hydrogens is 392 g/mol. The molecule has 0 radical (unpaired) electrons. The van der Waals surface area contributed by atoms with Crippen molar-refractivity contribution in [1.82, 2.24) is 19.5 Å². The van der Waals surface area contributed by atoms with Crippen LogP contribution in [0.2, 0.25) is 0 Å². The highest BCUT2D eigenvalue weighted by atomic mass is 32.1. The largest absolute Gasteiger partial charge is 0.497 e. The summed E-state index contributed by atoms with van der Waals surface area (Å²) >= 11 is 5.76. The molecule has 2 aromatic carbocycles. The van der Waals surface area contributed by atoms with Gasteiger partial charge in [-0.1, -0.05) is 42.5 Å². The highest BCUT2D eigenvalue weighted by Gasteiger charge is 2.28. The third-order valence-electron chi connectivity index (χ3n) is 5.84. The van der Waals surface area contributed by atoms with Gasteiger partial charge >= 0.3 is 0 Å². The maximum Gasteiger partial charge on any atom is 0.162 e. The number of hydrogen-bond acceptors (Lipinski definition) is 3. The zero-order valence-electron chi connectivity index (χ0n) is 17.2. The minimum atomic E-state index is 0.710. The van der Waals surface area contributed by atoms with E-state index in [-0.39, 0.29) is 0 Å². The van der Waals surface area contributed by atoms with E-state index >= 15 is 0 Å². The second kappa shape index (κ2) is 7.61. The Morgan fingerprint density at radius 1 is 1.03 bits per heavy atom. The molecule has 2 aromatic heterocycles. The highest BCUT2D eigenvalue weighted by Crippen LogP contribution is 2.38. The monoisotopic (exact) mass is 416 g/mol. The van der Waals surface area contributed by atoms with Crippen molar-refractivity contribution in [3.05, 3.63) is 65.9 Å². The molecule has 1 aliphatic heterocycles. The van der Waals surface area contributed by atoms with Gasteiger partial charge in [-0.25, -0.2) is 4.52 Å². The van der Waals surface area contributed by atoms with Crippen molar-refractivity contribution in [2.75, 3.05) is 14.2 Å². The Bertz CT molecular complexity index is 1220. The molecule has 0 atom stereocenters. The van der Waals surface area contributed by atoms with Gasteiger partial charge in [0.1, 0.15) is 22.1 Å². The zero-order valence-corrected chi connectivity index (χ0v) is 18.0. The number of nitrogens with zero attached hydrogens (tertiary/aromatic N) is 3. The molecule has 0 saturated heterocycles. The first-order chi connectivity index (χ1) is 14.7. The molecule has 3 heterocycles. The second-order valence-electron chi connectivity index (χ2n) is 7.54. The van der Waals surface area contributed by atoms with Gasteiger partial charge in [-0.3, -0.25) is 0 Å². The third-order valence-corrected chi connectivity index (χ3v) is 6.24. The van der Waals surface area contributed by atoms with Crippen LogP contribution in [0.15, 0.2) is 54.6 Å². The van der Waals surface area contributed by atoms with Crippen molar-refractivity contribution in [3.63, 3.8) is 0 Å². The molecule has 0 saturated carbocycles. The molecule has 0 unspecified atom stereocenters. The summed E-state index contributed by atoms with van der Waals surface area (Å²) in [6, 6.07) is 18.6. The molecule has 0 fully saturated rings. The van der Waals surface area contributed by atoms with Gasteiger partial charge < -0.3 is 14.6 Å². The summed E-state index contributed by atoms with van der Waals surface area (Å²) in [7, 11) is 3.56. The summed E-state index contributed by atoms with van der Waals surface area (Å²) in [5.74, 6) is 1.81. The summed E-state index contributed by atoms with van der Waals surface area (Å²) in [4.78, 5) is 0.710. The van der Waals surface area contributed by atoms with Gasteiger partial charge in [0, 0.05) is 30.3 Å². The fourth-order valence-electron chi connectivity index (χ4n) is 4.44. The van der Waals surface area contributed by atoms with Gasteiger partial charge in [-0.15, -0.1) is 5.10 Å². The number of rotatable bonds is 4. The molecule has 6 heteroatoms. The van der Waals surface area contributed by atoms with E-state index in [0.717, 1.165) is 54.3 Å². The number of nitrogens with one attached hydrogen (secondary N) is 1. The van der Waals surface area contributed by atoms with Crippen LogP contribution < -0.4 is 10.1 Å². The summed E-state index contributed by atoms with van der Waals surface area (Å²) in [5, 5.41) is 8.26.